The SMILES string of the molecule is CS(=O)(=O)c1nc2c(c(=O)[nH]1)CN(Cc1ccc(-c3ccc(C(F)(F)F)cc3)s1)CC2. The molecule has 0 fully saturated rings. The van der Waals surface area contributed by atoms with Crippen molar-refractivity contribution in [1.82, 2.24) is 14.9 Å². The topological polar surface area (TPSA) is 83.1 Å². The van der Waals surface area contributed by atoms with Gasteiger partial charge in [-0.3, -0.25) is 14.7 Å². The maximum Gasteiger partial charge on any atom is 0.416 e. The molecule has 3 aromatic rings. The van der Waals surface area contributed by atoms with Gasteiger partial charge >= 0.3 is 6.18 Å². The number of rotatable bonds is 4. The minimum atomic E-state index is -4.36. The van der Waals surface area contributed by atoms with Crippen molar-refractivity contribution in [2.75, 3.05) is 12.8 Å². The van der Waals surface area contributed by atoms with Crippen LogP contribution in [0.3, 0.4) is 0 Å². The lowest BCUT2D eigenvalue weighted by Crippen LogP contribution is -2.35. The van der Waals surface area contributed by atoms with E-state index >= 15 is 0 Å². The van der Waals surface area contributed by atoms with Crippen molar-refractivity contribution in [3.05, 3.63) is 68.4 Å². The molecule has 6 nitrogen and oxygen atoms in total. The standard InChI is InChI=1S/C20H18F3N3O3S2/c1-31(28,29)19-24-16-8-9-26(11-15(16)18(27)25-19)10-14-6-7-17(30-14)12-2-4-13(5-3-12)20(21,22)23/h2-7H,8-11H2,1H3,(H,24,25,27). The van der Waals surface area contributed by atoms with Crippen LogP contribution < -0.4 is 5.56 Å². The van der Waals surface area contributed by atoms with Crippen molar-refractivity contribution in [3.63, 3.8) is 0 Å². The van der Waals surface area contributed by atoms with Crippen molar-refractivity contribution in [2.24, 2.45) is 0 Å². The molecule has 11 heteroatoms. The summed E-state index contributed by atoms with van der Waals surface area (Å²) in [4.78, 5) is 22.7. The summed E-state index contributed by atoms with van der Waals surface area (Å²) >= 11 is 1.48. The van der Waals surface area contributed by atoms with Crippen molar-refractivity contribution in [1.29, 1.82) is 0 Å². The van der Waals surface area contributed by atoms with E-state index in [1.807, 2.05) is 12.1 Å². The molecule has 1 N–H and O–H groups in total. The van der Waals surface area contributed by atoms with Gasteiger partial charge in [0.1, 0.15) is 0 Å². The highest BCUT2D eigenvalue weighted by Gasteiger charge is 2.30. The Labute approximate surface area is 180 Å². The van der Waals surface area contributed by atoms with Gasteiger partial charge in [0.05, 0.1) is 16.8 Å². The van der Waals surface area contributed by atoms with Gasteiger partial charge in [-0.25, -0.2) is 13.4 Å². The average Bonchev–Trinajstić information content (AvgIpc) is 3.15. The monoisotopic (exact) mass is 469 g/mol. The summed E-state index contributed by atoms with van der Waals surface area (Å²) in [6, 6.07) is 8.84. The zero-order valence-corrected chi connectivity index (χ0v) is 18.0. The number of hydrogen-bond donors (Lipinski definition) is 1. The fourth-order valence-corrected chi connectivity index (χ4v) is 5.04. The number of fused-ring (bicyclic) bond motifs is 1. The van der Waals surface area contributed by atoms with Crippen LogP contribution in [-0.2, 0) is 35.5 Å². The molecule has 31 heavy (non-hydrogen) atoms. The Kier molecular flexibility index (Phi) is 5.52. The summed E-state index contributed by atoms with van der Waals surface area (Å²) in [7, 11) is -3.60. The summed E-state index contributed by atoms with van der Waals surface area (Å²) in [6.45, 7) is 1.52. The number of nitrogens with one attached hydrogen (secondary N) is 1. The van der Waals surface area contributed by atoms with Crippen LogP contribution in [0.4, 0.5) is 13.2 Å². The van der Waals surface area contributed by atoms with Crippen LogP contribution in [0.25, 0.3) is 10.4 Å². The minimum Gasteiger partial charge on any atom is -0.297 e. The normalized spacial score (nSPS) is 15.1. The Morgan fingerprint density at radius 1 is 1.16 bits per heavy atom. The van der Waals surface area contributed by atoms with Gasteiger partial charge in [0.15, 0.2) is 0 Å². The zero-order valence-electron chi connectivity index (χ0n) is 16.4. The van der Waals surface area contributed by atoms with E-state index in [0.717, 1.165) is 28.1 Å². The van der Waals surface area contributed by atoms with Gasteiger partial charge in [-0.05, 0) is 29.8 Å². The van der Waals surface area contributed by atoms with E-state index in [1.165, 1.54) is 23.5 Å². The molecule has 2 aromatic heterocycles. The van der Waals surface area contributed by atoms with Crippen LogP contribution in [0.2, 0.25) is 0 Å². The molecule has 3 heterocycles. The first kappa shape index (κ1) is 21.7. The number of nitrogens with zero attached hydrogens (tertiary/aromatic N) is 2. The lowest BCUT2D eigenvalue weighted by atomic mass is 10.1. The second-order valence-corrected chi connectivity index (χ2v) is 10.5. The van der Waals surface area contributed by atoms with Crippen LogP contribution >= 0.6 is 11.3 Å². The second kappa shape index (κ2) is 7.88. The number of aromatic nitrogens is 2. The summed E-state index contributed by atoms with van der Waals surface area (Å²) in [6.07, 6.45) is -2.91. The molecule has 4 rings (SSSR count). The molecule has 0 atom stereocenters. The third kappa shape index (κ3) is 4.73. The maximum atomic E-state index is 12.7. The van der Waals surface area contributed by atoms with Crippen molar-refractivity contribution in [2.45, 2.75) is 30.8 Å². The first-order chi connectivity index (χ1) is 14.5. The molecular formula is C20H18F3N3O3S2. The van der Waals surface area contributed by atoms with E-state index in [-0.39, 0.29) is 5.16 Å². The molecule has 1 aromatic carbocycles. The minimum absolute atomic E-state index is 0.316. The predicted molar refractivity (Wildman–Crippen MR) is 111 cm³/mol. The molecule has 0 bridgehead atoms. The van der Waals surface area contributed by atoms with Crippen LogP contribution in [0.15, 0.2) is 46.3 Å². The number of H-pyrrole nitrogens is 1. The number of halogens is 3. The zero-order chi connectivity index (χ0) is 22.4. The predicted octanol–water partition coefficient (Wildman–Crippen LogP) is 3.48. The smallest absolute Gasteiger partial charge is 0.297 e. The van der Waals surface area contributed by atoms with E-state index in [9.17, 15) is 26.4 Å². The van der Waals surface area contributed by atoms with Gasteiger partial charge in [0.2, 0.25) is 15.0 Å². The largest absolute Gasteiger partial charge is 0.416 e. The van der Waals surface area contributed by atoms with Crippen LogP contribution in [-0.4, -0.2) is 36.1 Å². The Bertz CT molecular complexity index is 1280. The fraction of sp³-hybridized carbons (Fsp3) is 0.300. The van der Waals surface area contributed by atoms with Crippen LogP contribution in [0, 0.1) is 0 Å². The molecule has 0 aliphatic carbocycles. The number of sulfone groups is 1. The lowest BCUT2D eigenvalue weighted by molar-refractivity contribution is -0.137. The first-order valence-corrected chi connectivity index (χ1v) is 12.0. The molecule has 0 unspecified atom stereocenters. The van der Waals surface area contributed by atoms with Crippen LogP contribution in [0.5, 0.6) is 0 Å². The van der Waals surface area contributed by atoms with E-state index < -0.39 is 27.1 Å². The van der Waals surface area contributed by atoms with Crippen molar-refractivity contribution < 1.29 is 21.6 Å². The molecule has 0 saturated heterocycles. The Morgan fingerprint density at radius 2 is 1.87 bits per heavy atom. The third-order valence-corrected chi connectivity index (χ3v) is 7.03. The van der Waals surface area contributed by atoms with Gasteiger partial charge in [-0.1, -0.05) is 12.1 Å². The summed E-state index contributed by atoms with van der Waals surface area (Å²) < 4.78 is 61.5. The Morgan fingerprint density at radius 3 is 2.52 bits per heavy atom. The van der Waals surface area contributed by atoms with Crippen molar-refractivity contribution in [3.8, 4) is 10.4 Å². The number of thiophene rings is 1. The summed E-state index contributed by atoms with van der Waals surface area (Å²) in [5, 5.41) is -0.316. The number of hydrogen-bond acceptors (Lipinski definition) is 6. The van der Waals surface area contributed by atoms with E-state index in [4.69, 9.17) is 0 Å². The summed E-state index contributed by atoms with van der Waals surface area (Å²) in [5.41, 5.74) is 0.530. The van der Waals surface area contributed by atoms with Gasteiger partial charge in [0.25, 0.3) is 5.56 Å². The highest BCUT2D eigenvalue weighted by molar-refractivity contribution is 7.90. The number of aromatic amines is 1. The molecular weight excluding hydrogens is 451 g/mol. The third-order valence-electron chi connectivity index (χ3n) is 5.02. The molecule has 164 valence electrons. The average molecular weight is 470 g/mol. The molecule has 0 radical (unpaired) electrons. The highest BCUT2D eigenvalue weighted by Crippen LogP contribution is 2.33. The van der Waals surface area contributed by atoms with Crippen molar-refractivity contribution >= 4 is 21.2 Å². The molecule has 1 aliphatic heterocycles. The fourth-order valence-electron chi connectivity index (χ4n) is 3.43. The van der Waals surface area contributed by atoms with Gasteiger partial charge in [-0.15, -0.1) is 11.3 Å². The molecule has 0 saturated carbocycles. The molecule has 0 spiro atoms. The Balaban J connectivity index is 1.49. The second-order valence-electron chi connectivity index (χ2n) is 7.37. The van der Waals surface area contributed by atoms with Gasteiger partial charge in [0, 0.05) is 42.1 Å². The molecule has 1 aliphatic rings. The summed E-state index contributed by atoms with van der Waals surface area (Å²) in [5.74, 6) is 0. The first-order valence-electron chi connectivity index (χ1n) is 9.31. The van der Waals surface area contributed by atoms with E-state index in [1.54, 1.807) is 0 Å². The highest BCUT2D eigenvalue weighted by atomic mass is 32.2. The number of alkyl halides is 3. The maximum absolute atomic E-state index is 12.7. The Hall–Kier alpha value is -2.50. The van der Waals surface area contributed by atoms with Gasteiger partial charge < -0.3 is 0 Å². The lowest BCUT2D eigenvalue weighted by Gasteiger charge is -2.27. The number of benzene rings is 1. The van der Waals surface area contributed by atoms with Crippen LogP contribution in [0.1, 0.15) is 21.7 Å². The molecule has 0 amide bonds. The van der Waals surface area contributed by atoms with E-state index in [0.29, 0.717) is 42.9 Å². The quantitative estimate of drug-likeness (QED) is 0.592. The van der Waals surface area contributed by atoms with E-state index in [2.05, 4.69) is 14.9 Å². The van der Waals surface area contributed by atoms with Gasteiger partial charge in [-0.2, -0.15) is 13.2 Å².